The van der Waals surface area contributed by atoms with Crippen LogP contribution in [-0.2, 0) is 4.74 Å². The number of hydrogen-bond acceptors (Lipinski definition) is 1. The molecule has 2 heteroatoms. The molecule has 0 amide bonds. The Kier molecular flexibility index (Phi) is 2.51. The molecule has 0 aliphatic carbocycles. The molecular formula is C9H15NO. The maximum atomic E-state index is 6.95. The van der Waals surface area contributed by atoms with Crippen LogP contribution in [0, 0.1) is 12.5 Å². The fourth-order valence-corrected chi connectivity index (χ4v) is 1.50. The smallest absolute Gasteiger partial charge is 0.227 e. The lowest BCUT2D eigenvalue weighted by atomic mass is 9.91. The first kappa shape index (κ1) is 8.55. The Morgan fingerprint density at radius 2 is 2.36 bits per heavy atom. The predicted molar refractivity (Wildman–Crippen MR) is 44.2 cm³/mol. The molecule has 1 heterocycles. The summed E-state index contributed by atoms with van der Waals surface area (Å²) in [6, 6.07) is 0. The summed E-state index contributed by atoms with van der Waals surface area (Å²) in [5.74, 6) is 0.624. The van der Waals surface area contributed by atoms with Gasteiger partial charge in [0.15, 0.2) is 0 Å². The van der Waals surface area contributed by atoms with E-state index in [9.17, 15) is 0 Å². The highest BCUT2D eigenvalue weighted by atomic mass is 16.5. The van der Waals surface area contributed by atoms with E-state index in [0.29, 0.717) is 5.92 Å². The average molecular weight is 153 g/mol. The SMILES string of the molecule is [C-]#[N+]C(C)(C)CC1CCOC1. The first-order valence-corrected chi connectivity index (χ1v) is 4.10. The molecule has 1 fully saturated rings. The number of nitrogens with zero attached hydrogens (tertiary/aromatic N) is 1. The van der Waals surface area contributed by atoms with Gasteiger partial charge in [-0.2, -0.15) is 0 Å². The van der Waals surface area contributed by atoms with Crippen molar-refractivity contribution in [3.8, 4) is 0 Å². The van der Waals surface area contributed by atoms with Crippen molar-refractivity contribution in [2.24, 2.45) is 5.92 Å². The van der Waals surface area contributed by atoms with Crippen molar-refractivity contribution in [3.05, 3.63) is 11.4 Å². The van der Waals surface area contributed by atoms with Gasteiger partial charge in [0.25, 0.3) is 0 Å². The molecule has 0 spiro atoms. The number of hydrogen-bond donors (Lipinski definition) is 0. The van der Waals surface area contributed by atoms with E-state index in [2.05, 4.69) is 4.85 Å². The minimum Gasteiger partial charge on any atom is -0.381 e. The standard InChI is InChI=1S/C9H15NO/c1-9(2,10-3)6-8-4-5-11-7-8/h8H,4-7H2,1-2H3. The van der Waals surface area contributed by atoms with Crippen molar-refractivity contribution in [2.45, 2.75) is 32.2 Å². The fraction of sp³-hybridized carbons (Fsp3) is 0.889. The molecule has 1 aliphatic rings. The van der Waals surface area contributed by atoms with Gasteiger partial charge in [-0.15, -0.1) is 0 Å². The predicted octanol–water partition coefficient (Wildman–Crippen LogP) is 2.11. The fourth-order valence-electron chi connectivity index (χ4n) is 1.50. The molecule has 1 unspecified atom stereocenters. The van der Waals surface area contributed by atoms with Crippen molar-refractivity contribution >= 4 is 0 Å². The van der Waals surface area contributed by atoms with E-state index >= 15 is 0 Å². The lowest BCUT2D eigenvalue weighted by Gasteiger charge is -2.14. The van der Waals surface area contributed by atoms with Gasteiger partial charge in [-0.05, 0) is 12.3 Å². The molecule has 62 valence electrons. The van der Waals surface area contributed by atoms with Crippen LogP contribution in [0.3, 0.4) is 0 Å². The van der Waals surface area contributed by atoms with Gasteiger partial charge in [-0.1, -0.05) is 0 Å². The van der Waals surface area contributed by atoms with Crippen LogP contribution in [-0.4, -0.2) is 18.8 Å². The van der Waals surface area contributed by atoms with Gasteiger partial charge >= 0.3 is 0 Å². The second-order valence-corrected chi connectivity index (χ2v) is 3.86. The molecule has 1 rings (SSSR count). The van der Waals surface area contributed by atoms with Crippen LogP contribution in [0.1, 0.15) is 26.7 Å². The van der Waals surface area contributed by atoms with E-state index in [0.717, 1.165) is 26.1 Å². The molecule has 0 bridgehead atoms. The Bertz CT molecular complexity index is 163. The van der Waals surface area contributed by atoms with Crippen LogP contribution in [0.2, 0.25) is 0 Å². The zero-order chi connectivity index (χ0) is 8.32. The van der Waals surface area contributed by atoms with Crippen molar-refractivity contribution in [1.29, 1.82) is 0 Å². The van der Waals surface area contributed by atoms with Crippen molar-refractivity contribution in [3.63, 3.8) is 0 Å². The average Bonchev–Trinajstić information content (AvgIpc) is 2.39. The third-order valence-corrected chi connectivity index (χ3v) is 2.11. The summed E-state index contributed by atoms with van der Waals surface area (Å²) in [6.45, 7) is 12.7. The van der Waals surface area contributed by atoms with Crippen LogP contribution in [0.15, 0.2) is 0 Å². The maximum Gasteiger partial charge on any atom is 0.227 e. The zero-order valence-corrected chi connectivity index (χ0v) is 7.26. The summed E-state index contributed by atoms with van der Waals surface area (Å²) in [4.78, 5) is 3.58. The van der Waals surface area contributed by atoms with E-state index in [1.807, 2.05) is 13.8 Å². The summed E-state index contributed by atoms with van der Waals surface area (Å²) >= 11 is 0. The van der Waals surface area contributed by atoms with Crippen molar-refractivity contribution < 1.29 is 4.74 Å². The van der Waals surface area contributed by atoms with E-state index in [1.165, 1.54) is 0 Å². The molecular weight excluding hydrogens is 138 g/mol. The van der Waals surface area contributed by atoms with Gasteiger partial charge in [-0.3, -0.25) is 0 Å². The van der Waals surface area contributed by atoms with Crippen LogP contribution in [0.4, 0.5) is 0 Å². The highest BCUT2D eigenvalue weighted by Gasteiger charge is 2.29. The third-order valence-electron chi connectivity index (χ3n) is 2.11. The third kappa shape index (κ3) is 2.51. The molecule has 1 saturated heterocycles. The normalized spacial score (nSPS) is 25.0. The second-order valence-electron chi connectivity index (χ2n) is 3.86. The summed E-state index contributed by atoms with van der Waals surface area (Å²) < 4.78 is 5.24. The van der Waals surface area contributed by atoms with Gasteiger partial charge in [0.05, 0.1) is 0 Å². The molecule has 1 aliphatic heterocycles. The van der Waals surface area contributed by atoms with Gasteiger partial charge in [-0.25, -0.2) is 6.57 Å². The van der Waals surface area contributed by atoms with Gasteiger partial charge in [0.2, 0.25) is 5.54 Å². The minimum atomic E-state index is -0.182. The molecule has 1 atom stereocenters. The Balaban J connectivity index is 2.35. The largest absolute Gasteiger partial charge is 0.381 e. The summed E-state index contributed by atoms with van der Waals surface area (Å²) in [5, 5.41) is 0. The second kappa shape index (κ2) is 3.23. The summed E-state index contributed by atoms with van der Waals surface area (Å²) in [5.41, 5.74) is -0.182. The summed E-state index contributed by atoms with van der Waals surface area (Å²) in [7, 11) is 0. The molecule has 0 N–H and O–H groups in total. The van der Waals surface area contributed by atoms with E-state index in [1.54, 1.807) is 0 Å². The van der Waals surface area contributed by atoms with Crippen LogP contribution in [0.5, 0.6) is 0 Å². The van der Waals surface area contributed by atoms with Gasteiger partial charge < -0.3 is 9.58 Å². The number of rotatable bonds is 2. The van der Waals surface area contributed by atoms with E-state index < -0.39 is 0 Å². The molecule has 0 radical (unpaired) electrons. The highest BCUT2D eigenvalue weighted by molar-refractivity contribution is 4.91. The van der Waals surface area contributed by atoms with Crippen LogP contribution in [0.25, 0.3) is 4.85 Å². The maximum absolute atomic E-state index is 6.95. The van der Waals surface area contributed by atoms with Gasteiger partial charge in [0.1, 0.15) is 0 Å². The zero-order valence-electron chi connectivity index (χ0n) is 7.26. The van der Waals surface area contributed by atoms with Gasteiger partial charge in [0, 0.05) is 33.5 Å². The number of ether oxygens (including phenoxy) is 1. The Hall–Kier alpha value is -0.550. The van der Waals surface area contributed by atoms with Crippen LogP contribution >= 0.6 is 0 Å². The molecule has 0 saturated carbocycles. The Morgan fingerprint density at radius 3 is 2.82 bits per heavy atom. The lowest BCUT2D eigenvalue weighted by molar-refractivity contribution is 0.181. The highest BCUT2D eigenvalue weighted by Crippen LogP contribution is 2.25. The van der Waals surface area contributed by atoms with E-state index in [4.69, 9.17) is 11.3 Å². The quantitative estimate of drug-likeness (QED) is 0.554. The first-order valence-electron chi connectivity index (χ1n) is 4.10. The molecule has 0 aromatic rings. The Labute approximate surface area is 68.4 Å². The molecule has 0 aromatic heterocycles. The first-order chi connectivity index (χ1) is 5.14. The lowest BCUT2D eigenvalue weighted by Crippen LogP contribution is -2.19. The topological polar surface area (TPSA) is 13.6 Å². The summed E-state index contributed by atoms with van der Waals surface area (Å²) in [6.07, 6.45) is 2.12. The molecule has 2 nitrogen and oxygen atoms in total. The molecule has 11 heavy (non-hydrogen) atoms. The monoisotopic (exact) mass is 153 g/mol. The van der Waals surface area contributed by atoms with Crippen molar-refractivity contribution in [1.82, 2.24) is 0 Å². The molecule has 0 aromatic carbocycles. The van der Waals surface area contributed by atoms with E-state index in [-0.39, 0.29) is 5.54 Å². The van der Waals surface area contributed by atoms with Crippen LogP contribution < -0.4 is 0 Å². The van der Waals surface area contributed by atoms with Crippen molar-refractivity contribution in [2.75, 3.05) is 13.2 Å². The Morgan fingerprint density at radius 1 is 1.64 bits per heavy atom. The minimum absolute atomic E-state index is 0.182.